The van der Waals surface area contributed by atoms with Gasteiger partial charge in [-0.1, -0.05) is 0 Å². The SMILES string of the molecule is CN(C)CCCC(O)OC(C)(C)C. The molecule has 0 amide bonds. The molecule has 1 atom stereocenters. The Hall–Kier alpha value is -0.120. The molecule has 3 heteroatoms. The molecule has 0 fully saturated rings. The average molecular weight is 189 g/mol. The monoisotopic (exact) mass is 189 g/mol. The van der Waals surface area contributed by atoms with E-state index in [4.69, 9.17) is 4.74 Å². The molecule has 0 aliphatic carbocycles. The summed E-state index contributed by atoms with van der Waals surface area (Å²) in [6.07, 6.45) is 1.04. The highest BCUT2D eigenvalue weighted by atomic mass is 16.6. The molecule has 1 N–H and O–H groups in total. The van der Waals surface area contributed by atoms with E-state index in [-0.39, 0.29) is 5.60 Å². The summed E-state index contributed by atoms with van der Waals surface area (Å²) in [5, 5.41) is 9.46. The normalized spacial score (nSPS) is 15.0. The molecular weight excluding hydrogens is 166 g/mol. The molecule has 0 aromatic rings. The van der Waals surface area contributed by atoms with Crippen molar-refractivity contribution in [2.45, 2.75) is 45.5 Å². The van der Waals surface area contributed by atoms with E-state index in [2.05, 4.69) is 4.90 Å². The van der Waals surface area contributed by atoms with Gasteiger partial charge in [-0.05, 0) is 54.3 Å². The van der Waals surface area contributed by atoms with Crippen molar-refractivity contribution < 1.29 is 9.84 Å². The predicted molar refractivity (Wildman–Crippen MR) is 54.6 cm³/mol. The van der Waals surface area contributed by atoms with Crippen molar-refractivity contribution in [1.82, 2.24) is 4.90 Å². The van der Waals surface area contributed by atoms with Crippen LogP contribution < -0.4 is 0 Å². The number of rotatable bonds is 5. The van der Waals surface area contributed by atoms with Gasteiger partial charge in [-0.3, -0.25) is 0 Å². The molecule has 0 bridgehead atoms. The van der Waals surface area contributed by atoms with E-state index < -0.39 is 6.29 Å². The summed E-state index contributed by atoms with van der Waals surface area (Å²) >= 11 is 0. The van der Waals surface area contributed by atoms with Gasteiger partial charge in [0.1, 0.15) is 0 Å². The highest BCUT2D eigenvalue weighted by Crippen LogP contribution is 2.12. The topological polar surface area (TPSA) is 32.7 Å². The van der Waals surface area contributed by atoms with Gasteiger partial charge >= 0.3 is 0 Å². The van der Waals surface area contributed by atoms with Crippen molar-refractivity contribution in [2.24, 2.45) is 0 Å². The van der Waals surface area contributed by atoms with Crippen molar-refractivity contribution in [3.63, 3.8) is 0 Å². The van der Waals surface area contributed by atoms with Gasteiger partial charge in [-0.2, -0.15) is 0 Å². The standard InChI is InChI=1S/C10H23NO2/c1-10(2,3)13-9(12)7-6-8-11(4)5/h9,12H,6-8H2,1-5H3. The lowest BCUT2D eigenvalue weighted by atomic mass is 10.2. The molecule has 0 saturated heterocycles. The molecule has 0 aliphatic heterocycles. The molecule has 13 heavy (non-hydrogen) atoms. The maximum Gasteiger partial charge on any atom is 0.155 e. The first kappa shape index (κ1) is 12.9. The minimum absolute atomic E-state index is 0.252. The van der Waals surface area contributed by atoms with E-state index in [1.165, 1.54) is 0 Å². The average Bonchev–Trinajstić information content (AvgIpc) is 1.81. The van der Waals surface area contributed by atoms with Crippen molar-refractivity contribution in [1.29, 1.82) is 0 Å². The first-order chi connectivity index (χ1) is 5.81. The molecule has 0 aromatic carbocycles. The smallest absolute Gasteiger partial charge is 0.155 e. The summed E-state index contributed by atoms with van der Waals surface area (Å²) in [6.45, 7) is 6.83. The second kappa shape index (κ2) is 5.58. The van der Waals surface area contributed by atoms with Gasteiger partial charge in [-0.25, -0.2) is 0 Å². The lowest BCUT2D eigenvalue weighted by molar-refractivity contribution is -0.168. The zero-order valence-corrected chi connectivity index (χ0v) is 9.50. The van der Waals surface area contributed by atoms with Crippen molar-refractivity contribution >= 4 is 0 Å². The van der Waals surface area contributed by atoms with Crippen LogP contribution in [0, 0.1) is 0 Å². The fourth-order valence-electron chi connectivity index (χ4n) is 1.05. The molecule has 0 aromatic heterocycles. The van der Waals surface area contributed by atoms with Crippen LogP contribution in [0.25, 0.3) is 0 Å². The van der Waals surface area contributed by atoms with Crippen molar-refractivity contribution in [3.05, 3.63) is 0 Å². The molecule has 0 radical (unpaired) electrons. The molecule has 0 rings (SSSR count). The maximum atomic E-state index is 9.46. The zero-order valence-electron chi connectivity index (χ0n) is 9.50. The maximum absolute atomic E-state index is 9.46. The Bertz CT molecular complexity index is 129. The molecule has 0 spiro atoms. The second-order valence-electron chi connectivity index (χ2n) is 4.63. The molecule has 0 heterocycles. The van der Waals surface area contributed by atoms with Gasteiger partial charge in [0.2, 0.25) is 0 Å². The fourth-order valence-corrected chi connectivity index (χ4v) is 1.05. The van der Waals surface area contributed by atoms with Gasteiger partial charge in [-0.15, -0.1) is 0 Å². The lowest BCUT2D eigenvalue weighted by Gasteiger charge is -2.24. The van der Waals surface area contributed by atoms with E-state index in [1.54, 1.807) is 0 Å². The van der Waals surface area contributed by atoms with Crippen LogP contribution in [0.15, 0.2) is 0 Å². The summed E-state index contributed by atoms with van der Waals surface area (Å²) < 4.78 is 5.36. The van der Waals surface area contributed by atoms with E-state index in [0.717, 1.165) is 13.0 Å². The summed E-state index contributed by atoms with van der Waals surface area (Å²) in [4.78, 5) is 2.10. The predicted octanol–water partition coefficient (Wildman–Crippen LogP) is 1.46. The quantitative estimate of drug-likeness (QED) is 0.665. The number of hydrogen-bond donors (Lipinski definition) is 1. The molecular formula is C10H23NO2. The van der Waals surface area contributed by atoms with Crippen molar-refractivity contribution in [2.75, 3.05) is 20.6 Å². The van der Waals surface area contributed by atoms with Crippen LogP contribution >= 0.6 is 0 Å². The van der Waals surface area contributed by atoms with Crippen LogP contribution in [0.1, 0.15) is 33.6 Å². The van der Waals surface area contributed by atoms with Crippen LogP contribution in [0.5, 0.6) is 0 Å². The van der Waals surface area contributed by atoms with Gasteiger partial charge in [0.05, 0.1) is 5.60 Å². The summed E-state index contributed by atoms with van der Waals surface area (Å²) in [5.41, 5.74) is -0.252. The largest absolute Gasteiger partial charge is 0.368 e. The summed E-state index contributed by atoms with van der Waals surface area (Å²) in [6, 6.07) is 0. The number of aliphatic hydroxyl groups is 1. The third-order valence-corrected chi connectivity index (χ3v) is 1.55. The Kier molecular flexibility index (Phi) is 5.53. The number of ether oxygens (including phenoxy) is 1. The summed E-state index contributed by atoms with van der Waals surface area (Å²) in [5.74, 6) is 0. The highest BCUT2D eigenvalue weighted by molar-refractivity contribution is 4.60. The van der Waals surface area contributed by atoms with E-state index in [0.29, 0.717) is 6.42 Å². The van der Waals surface area contributed by atoms with Crippen molar-refractivity contribution in [3.8, 4) is 0 Å². The van der Waals surface area contributed by atoms with E-state index in [9.17, 15) is 5.11 Å². The molecule has 80 valence electrons. The molecule has 3 nitrogen and oxygen atoms in total. The van der Waals surface area contributed by atoms with Gasteiger partial charge in [0.15, 0.2) is 6.29 Å². The Labute approximate surface area is 81.7 Å². The lowest BCUT2D eigenvalue weighted by Crippen LogP contribution is -2.27. The van der Waals surface area contributed by atoms with Crippen LogP contribution in [0.2, 0.25) is 0 Å². The first-order valence-electron chi connectivity index (χ1n) is 4.82. The third kappa shape index (κ3) is 9.80. The van der Waals surface area contributed by atoms with Crippen LogP contribution in [-0.2, 0) is 4.74 Å². The van der Waals surface area contributed by atoms with Gasteiger partial charge < -0.3 is 14.7 Å². The molecule has 0 saturated carbocycles. The fraction of sp³-hybridized carbons (Fsp3) is 1.00. The number of hydrogen-bond acceptors (Lipinski definition) is 3. The Morgan fingerprint density at radius 2 is 1.85 bits per heavy atom. The van der Waals surface area contributed by atoms with Crippen LogP contribution in [-0.4, -0.2) is 42.5 Å². The zero-order chi connectivity index (χ0) is 10.5. The van der Waals surface area contributed by atoms with Gasteiger partial charge in [0, 0.05) is 0 Å². The van der Waals surface area contributed by atoms with Gasteiger partial charge in [0.25, 0.3) is 0 Å². The van der Waals surface area contributed by atoms with Crippen LogP contribution in [0.4, 0.5) is 0 Å². The van der Waals surface area contributed by atoms with E-state index in [1.807, 2.05) is 34.9 Å². The van der Waals surface area contributed by atoms with E-state index >= 15 is 0 Å². The molecule has 1 unspecified atom stereocenters. The highest BCUT2D eigenvalue weighted by Gasteiger charge is 2.15. The number of aliphatic hydroxyl groups excluding tert-OH is 1. The Morgan fingerprint density at radius 1 is 1.31 bits per heavy atom. The Balaban J connectivity index is 3.46. The minimum Gasteiger partial charge on any atom is -0.368 e. The summed E-state index contributed by atoms with van der Waals surface area (Å²) in [7, 11) is 4.05. The molecule has 0 aliphatic rings. The second-order valence-corrected chi connectivity index (χ2v) is 4.63. The number of nitrogens with zero attached hydrogens (tertiary/aromatic N) is 1. The third-order valence-electron chi connectivity index (χ3n) is 1.55. The minimum atomic E-state index is -0.625. The Morgan fingerprint density at radius 3 is 2.23 bits per heavy atom. The van der Waals surface area contributed by atoms with Crippen LogP contribution in [0.3, 0.4) is 0 Å². The first-order valence-corrected chi connectivity index (χ1v) is 4.82.